The number of aliphatic imine (C=N–C) groups is 1. The maximum Gasteiger partial charge on any atom is 0.264 e. The van der Waals surface area contributed by atoms with Crippen LogP contribution in [0, 0.1) is 0 Å². The number of nitrogens with zero attached hydrogens (tertiary/aromatic N) is 4. The fourth-order valence-corrected chi connectivity index (χ4v) is 3.95. The van der Waals surface area contributed by atoms with E-state index in [9.17, 15) is 18.3 Å². The highest BCUT2D eigenvalue weighted by Gasteiger charge is 2.22. The summed E-state index contributed by atoms with van der Waals surface area (Å²) in [5.41, 5.74) is 1.25. The van der Waals surface area contributed by atoms with Gasteiger partial charge in [0.05, 0.1) is 23.8 Å². The topological polar surface area (TPSA) is 125 Å². The Balaban J connectivity index is 1.37. The second-order valence-electron chi connectivity index (χ2n) is 6.94. The molecular weight excluding hydrogens is 430 g/mol. The van der Waals surface area contributed by atoms with Gasteiger partial charge < -0.3 is 5.11 Å². The Morgan fingerprint density at radius 2 is 1.75 bits per heavy atom. The van der Waals surface area contributed by atoms with E-state index in [4.69, 9.17) is 0 Å². The summed E-state index contributed by atoms with van der Waals surface area (Å²) in [4.78, 5) is 26.1. The van der Waals surface area contributed by atoms with Crippen LogP contribution in [0.25, 0.3) is 6.08 Å². The Hall–Kier alpha value is -4.05. The number of carbonyl (C=O) groups excluding carboxylic acids is 1. The van der Waals surface area contributed by atoms with Crippen molar-refractivity contribution in [2.75, 3.05) is 11.3 Å². The fraction of sp³-hybridized carbons (Fsp3) is 0.0909. The number of hydrogen-bond donors (Lipinski definition) is 2. The third-order valence-corrected chi connectivity index (χ3v) is 5.99. The van der Waals surface area contributed by atoms with Gasteiger partial charge in [0.25, 0.3) is 15.9 Å². The number of amides is 1. The van der Waals surface area contributed by atoms with Crippen molar-refractivity contribution in [3.8, 4) is 5.75 Å². The van der Waals surface area contributed by atoms with Crippen molar-refractivity contribution in [2.24, 2.45) is 4.99 Å². The maximum absolute atomic E-state index is 12.5. The van der Waals surface area contributed by atoms with Crippen LogP contribution in [0.5, 0.6) is 5.75 Å². The van der Waals surface area contributed by atoms with Gasteiger partial charge in [-0.15, -0.1) is 0 Å². The summed E-state index contributed by atoms with van der Waals surface area (Å²) in [6.45, 7) is 0.393. The molecule has 3 aromatic rings. The highest BCUT2D eigenvalue weighted by molar-refractivity contribution is 7.92. The molecule has 10 heteroatoms. The van der Waals surface area contributed by atoms with E-state index in [2.05, 4.69) is 19.7 Å². The Morgan fingerprint density at radius 3 is 2.44 bits per heavy atom. The lowest BCUT2D eigenvalue weighted by molar-refractivity contribution is 0.0859. The number of phenolic OH excluding ortho intramolecular Hbond substituents is 1. The van der Waals surface area contributed by atoms with Crippen LogP contribution in [0.3, 0.4) is 0 Å². The maximum atomic E-state index is 12.5. The number of phenols is 1. The first-order chi connectivity index (χ1) is 15.4. The molecule has 1 aliphatic rings. The number of rotatable bonds is 6. The van der Waals surface area contributed by atoms with Gasteiger partial charge in [-0.3, -0.25) is 14.7 Å². The molecule has 2 aromatic carbocycles. The number of nitrogens with one attached hydrogen (secondary N) is 1. The first-order valence-corrected chi connectivity index (χ1v) is 11.1. The van der Waals surface area contributed by atoms with Crippen LogP contribution in [0.15, 0.2) is 83.0 Å². The number of sulfonamides is 1. The lowest BCUT2D eigenvalue weighted by Crippen LogP contribution is -2.29. The van der Waals surface area contributed by atoms with E-state index in [1.807, 2.05) is 12.2 Å². The Morgan fingerprint density at radius 1 is 1.06 bits per heavy atom. The predicted octanol–water partition coefficient (Wildman–Crippen LogP) is 2.55. The summed E-state index contributed by atoms with van der Waals surface area (Å²) in [5, 5.41) is 9.35. The molecule has 1 aromatic heterocycles. The zero-order valence-electron chi connectivity index (χ0n) is 16.7. The molecule has 0 aliphatic carbocycles. The van der Waals surface area contributed by atoms with Gasteiger partial charge in [0.15, 0.2) is 0 Å². The second-order valence-corrected chi connectivity index (χ2v) is 8.62. The van der Waals surface area contributed by atoms with Crippen LogP contribution < -0.4 is 4.72 Å². The van der Waals surface area contributed by atoms with Crippen molar-refractivity contribution in [1.29, 1.82) is 0 Å². The van der Waals surface area contributed by atoms with E-state index >= 15 is 0 Å². The van der Waals surface area contributed by atoms with Crippen molar-refractivity contribution in [3.63, 3.8) is 0 Å². The van der Waals surface area contributed by atoms with E-state index in [0.29, 0.717) is 12.1 Å². The minimum absolute atomic E-state index is 0.00183. The van der Waals surface area contributed by atoms with Crippen LogP contribution >= 0.6 is 0 Å². The van der Waals surface area contributed by atoms with Crippen LogP contribution in [0.4, 0.5) is 5.95 Å². The highest BCUT2D eigenvalue weighted by Crippen LogP contribution is 2.17. The quantitative estimate of drug-likeness (QED) is 0.596. The molecule has 0 spiro atoms. The Labute approximate surface area is 184 Å². The summed E-state index contributed by atoms with van der Waals surface area (Å²) >= 11 is 0. The largest absolute Gasteiger partial charge is 0.508 e. The molecule has 2 N–H and O–H groups in total. The average molecular weight is 449 g/mol. The molecule has 9 nitrogen and oxygen atoms in total. The predicted molar refractivity (Wildman–Crippen MR) is 120 cm³/mol. The molecular formula is C22H19N5O4S. The van der Waals surface area contributed by atoms with Crippen molar-refractivity contribution in [2.45, 2.75) is 10.9 Å². The van der Waals surface area contributed by atoms with Crippen LogP contribution in [-0.2, 0) is 10.0 Å². The molecule has 0 radical (unpaired) electrons. The molecule has 1 amide bonds. The van der Waals surface area contributed by atoms with Gasteiger partial charge in [-0.1, -0.05) is 24.3 Å². The molecule has 1 unspecified atom stereocenters. The average Bonchev–Trinajstić information content (AvgIpc) is 3.27. The smallest absolute Gasteiger partial charge is 0.264 e. The summed E-state index contributed by atoms with van der Waals surface area (Å²) in [6, 6.07) is 13.8. The lowest BCUT2D eigenvalue weighted by Gasteiger charge is -2.13. The van der Waals surface area contributed by atoms with E-state index in [0.717, 1.165) is 5.56 Å². The number of hydrogen-bond acceptors (Lipinski definition) is 7. The van der Waals surface area contributed by atoms with Gasteiger partial charge in [0, 0.05) is 18.0 Å². The molecule has 0 saturated carbocycles. The third kappa shape index (κ3) is 4.98. The van der Waals surface area contributed by atoms with Crippen LogP contribution in [0.2, 0.25) is 0 Å². The minimum atomic E-state index is -3.79. The van der Waals surface area contributed by atoms with E-state index < -0.39 is 10.0 Å². The van der Waals surface area contributed by atoms with E-state index in [1.165, 1.54) is 47.9 Å². The van der Waals surface area contributed by atoms with Gasteiger partial charge in [-0.25, -0.2) is 23.1 Å². The van der Waals surface area contributed by atoms with Gasteiger partial charge >= 0.3 is 0 Å². The number of anilines is 1. The zero-order valence-corrected chi connectivity index (χ0v) is 17.6. The molecule has 1 aliphatic heterocycles. The summed E-state index contributed by atoms with van der Waals surface area (Å²) in [5.74, 6) is -0.100. The summed E-state index contributed by atoms with van der Waals surface area (Å²) in [6.07, 6.45) is 8.06. The van der Waals surface area contributed by atoms with Crippen molar-refractivity contribution < 1.29 is 18.3 Å². The monoisotopic (exact) mass is 449 g/mol. The highest BCUT2D eigenvalue weighted by atomic mass is 32.2. The molecule has 1 atom stereocenters. The molecule has 0 fully saturated rings. The van der Waals surface area contributed by atoms with Gasteiger partial charge in [-0.2, -0.15) is 0 Å². The number of benzene rings is 2. The Kier molecular flexibility index (Phi) is 5.95. The van der Waals surface area contributed by atoms with Gasteiger partial charge in [0.2, 0.25) is 5.95 Å². The van der Waals surface area contributed by atoms with E-state index in [-0.39, 0.29) is 28.5 Å². The number of aromatic hydroxyl groups is 1. The standard InChI is InChI=1S/C22H19N5O4S/c28-19-8-5-17(6-9-19)21(29)27-14-18(25-15-27)7-2-16-3-10-20(11-4-16)32(30,31)26-22-23-12-1-13-24-22/h1-13,15,18,28H,14H2,(H,23,24,26). The van der Waals surface area contributed by atoms with Crippen molar-refractivity contribution in [3.05, 3.63) is 84.2 Å². The summed E-state index contributed by atoms with van der Waals surface area (Å²) in [7, 11) is -3.79. The lowest BCUT2D eigenvalue weighted by atomic mass is 10.1. The number of aromatic nitrogens is 2. The second kappa shape index (κ2) is 8.98. The SMILES string of the molecule is O=C(c1ccc(O)cc1)N1C=NC(C=Cc2ccc(S(=O)(=O)Nc3ncccn3)cc2)C1. The molecule has 4 rings (SSSR count). The Bertz CT molecular complexity index is 1260. The van der Waals surface area contributed by atoms with Crippen molar-refractivity contribution >= 4 is 34.3 Å². The molecule has 162 valence electrons. The molecule has 32 heavy (non-hydrogen) atoms. The summed E-state index contributed by atoms with van der Waals surface area (Å²) < 4.78 is 27.2. The number of carbonyl (C=O) groups is 1. The molecule has 0 saturated heterocycles. The fourth-order valence-electron chi connectivity index (χ4n) is 2.99. The molecule has 0 bridgehead atoms. The van der Waals surface area contributed by atoms with Crippen molar-refractivity contribution in [1.82, 2.24) is 14.9 Å². The third-order valence-electron chi connectivity index (χ3n) is 4.65. The normalized spacial score (nSPS) is 15.9. The first kappa shape index (κ1) is 21.2. The first-order valence-electron chi connectivity index (χ1n) is 9.62. The minimum Gasteiger partial charge on any atom is -0.508 e. The van der Waals surface area contributed by atoms with E-state index in [1.54, 1.807) is 30.3 Å². The zero-order chi connectivity index (χ0) is 22.6. The van der Waals surface area contributed by atoms with Gasteiger partial charge in [0.1, 0.15) is 5.75 Å². The van der Waals surface area contributed by atoms with Gasteiger partial charge in [-0.05, 0) is 48.0 Å². The van der Waals surface area contributed by atoms with Crippen LogP contribution in [-0.4, -0.2) is 53.2 Å². The van der Waals surface area contributed by atoms with Crippen LogP contribution in [0.1, 0.15) is 15.9 Å². The molecule has 2 heterocycles.